The number of benzene rings is 1. The average molecular weight is 313 g/mol. The van der Waals surface area contributed by atoms with Crippen molar-refractivity contribution in [3.63, 3.8) is 0 Å². The summed E-state index contributed by atoms with van der Waals surface area (Å²) in [6, 6.07) is 8.08. The van der Waals surface area contributed by atoms with Crippen molar-refractivity contribution in [1.29, 1.82) is 0 Å². The van der Waals surface area contributed by atoms with Crippen LogP contribution in [0.2, 0.25) is 0 Å². The Morgan fingerprint density at radius 1 is 1.23 bits per heavy atom. The van der Waals surface area contributed by atoms with Gasteiger partial charge in [0.15, 0.2) is 6.10 Å². The molecule has 1 aliphatic heterocycles. The molecule has 6 heteroatoms. The van der Waals surface area contributed by atoms with Crippen molar-refractivity contribution in [2.24, 2.45) is 0 Å². The Balaban J connectivity index is 1.62. The topological polar surface area (TPSA) is 40.5 Å². The number of aromatic nitrogens is 1. The van der Waals surface area contributed by atoms with Gasteiger partial charge in [-0.2, -0.15) is 13.2 Å². The molecular formula is C16H20F3N2O+. The highest BCUT2D eigenvalue weighted by atomic mass is 19.4. The van der Waals surface area contributed by atoms with Crippen LogP contribution < -0.4 is 4.90 Å². The molecule has 0 aliphatic carbocycles. The summed E-state index contributed by atoms with van der Waals surface area (Å²) in [5, 5.41) is 10.4. The molecule has 3 N–H and O–H groups in total. The highest BCUT2D eigenvalue weighted by Gasteiger charge is 2.41. The van der Waals surface area contributed by atoms with E-state index in [4.69, 9.17) is 0 Å². The van der Waals surface area contributed by atoms with E-state index >= 15 is 0 Å². The number of likely N-dealkylation sites (tertiary alicyclic amines) is 1. The van der Waals surface area contributed by atoms with E-state index in [1.54, 1.807) is 0 Å². The minimum absolute atomic E-state index is 0.246. The third-order valence-corrected chi connectivity index (χ3v) is 4.61. The van der Waals surface area contributed by atoms with Gasteiger partial charge in [0, 0.05) is 29.9 Å². The van der Waals surface area contributed by atoms with Gasteiger partial charge in [0.1, 0.15) is 6.54 Å². The van der Waals surface area contributed by atoms with Crippen LogP contribution in [0.4, 0.5) is 13.2 Å². The molecule has 1 aromatic carbocycles. The van der Waals surface area contributed by atoms with Gasteiger partial charge in [-0.3, -0.25) is 0 Å². The number of fused-ring (bicyclic) bond motifs is 1. The van der Waals surface area contributed by atoms with Gasteiger partial charge in [-0.1, -0.05) is 18.2 Å². The molecule has 3 nitrogen and oxygen atoms in total. The maximum absolute atomic E-state index is 12.4. The standard InChI is InChI=1S/C16H19F3N2O/c17-16(18,19)15(22)10-21-7-5-11(6-8-21)13-9-20-14-4-2-1-3-12(13)14/h1-4,9,11,15,20,22H,5-8,10H2/p+1/t15-/m1/s1. The predicted molar refractivity (Wildman–Crippen MR) is 77.9 cm³/mol. The highest BCUT2D eigenvalue weighted by Crippen LogP contribution is 2.30. The van der Waals surface area contributed by atoms with E-state index < -0.39 is 12.3 Å². The number of halogens is 3. The van der Waals surface area contributed by atoms with Crippen LogP contribution in [0.25, 0.3) is 10.9 Å². The minimum Gasteiger partial charge on any atom is -0.379 e. The quantitative estimate of drug-likeness (QED) is 0.795. The number of aromatic amines is 1. The molecule has 0 saturated carbocycles. The molecule has 0 amide bonds. The summed E-state index contributed by atoms with van der Waals surface area (Å²) in [6.07, 6.45) is -3.01. The van der Waals surface area contributed by atoms with Crippen LogP contribution in [0.5, 0.6) is 0 Å². The molecule has 1 atom stereocenters. The Kier molecular flexibility index (Phi) is 4.14. The minimum atomic E-state index is -4.51. The lowest BCUT2D eigenvalue weighted by Crippen LogP contribution is -3.14. The van der Waals surface area contributed by atoms with Crippen molar-refractivity contribution in [3.05, 3.63) is 36.0 Å². The maximum atomic E-state index is 12.4. The van der Waals surface area contributed by atoms with Gasteiger partial charge < -0.3 is 15.0 Å². The van der Waals surface area contributed by atoms with Crippen LogP contribution in [0, 0.1) is 0 Å². The lowest BCUT2D eigenvalue weighted by Gasteiger charge is -2.30. The average Bonchev–Trinajstić information content (AvgIpc) is 2.91. The Labute approximate surface area is 126 Å². The lowest BCUT2D eigenvalue weighted by molar-refractivity contribution is -0.909. The van der Waals surface area contributed by atoms with Crippen molar-refractivity contribution < 1.29 is 23.2 Å². The first kappa shape index (κ1) is 15.4. The zero-order valence-electron chi connectivity index (χ0n) is 12.2. The van der Waals surface area contributed by atoms with Gasteiger partial charge in [0.2, 0.25) is 0 Å². The SMILES string of the molecule is O[C@H](C[NH+]1CCC(c2c[nH]c3ccccc23)CC1)C(F)(F)F. The normalized spacial score (nSPS) is 24.5. The number of hydrogen-bond acceptors (Lipinski definition) is 1. The number of nitrogens with one attached hydrogen (secondary N) is 2. The lowest BCUT2D eigenvalue weighted by atomic mass is 9.89. The predicted octanol–water partition coefficient (Wildman–Crippen LogP) is 1.85. The molecule has 2 heterocycles. The Hall–Kier alpha value is -1.53. The van der Waals surface area contributed by atoms with Crippen molar-refractivity contribution >= 4 is 10.9 Å². The van der Waals surface area contributed by atoms with Gasteiger partial charge in [0.25, 0.3) is 0 Å². The maximum Gasteiger partial charge on any atom is 0.419 e. The largest absolute Gasteiger partial charge is 0.419 e. The van der Waals surface area contributed by atoms with Crippen LogP contribution >= 0.6 is 0 Å². The molecule has 0 bridgehead atoms. The zero-order chi connectivity index (χ0) is 15.7. The van der Waals surface area contributed by atoms with E-state index in [1.807, 2.05) is 24.4 Å². The van der Waals surface area contributed by atoms with Crippen LogP contribution in [-0.4, -0.2) is 42.0 Å². The van der Waals surface area contributed by atoms with Crippen LogP contribution in [-0.2, 0) is 0 Å². The number of aliphatic hydroxyl groups excluding tert-OH is 1. The molecule has 0 radical (unpaired) electrons. The number of aliphatic hydroxyl groups is 1. The summed E-state index contributed by atoms with van der Waals surface area (Å²) in [4.78, 5) is 4.09. The molecule has 1 aliphatic rings. The fraction of sp³-hybridized carbons (Fsp3) is 0.500. The molecule has 2 aromatic rings. The van der Waals surface area contributed by atoms with Crippen molar-refractivity contribution in [1.82, 2.24) is 4.98 Å². The van der Waals surface area contributed by atoms with E-state index in [-0.39, 0.29) is 6.54 Å². The molecule has 0 unspecified atom stereocenters. The molecule has 0 spiro atoms. The number of quaternary nitrogens is 1. The Morgan fingerprint density at radius 3 is 2.59 bits per heavy atom. The van der Waals surface area contributed by atoms with E-state index in [0.29, 0.717) is 19.0 Å². The Bertz CT molecular complexity index is 630. The number of hydrogen-bond donors (Lipinski definition) is 3. The fourth-order valence-corrected chi connectivity index (χ4v) is 3.36. The second-order valence-corrected chi connectivity index (χ2v) is 6.08. The number of piperidine rings is 1. The third-order valence-electron chi connectivity index (χ3n) is 4.61. The first-order valence-electron chi connectivity index (χ1n) is 7.59. The first-order valence-corrected chi connectivity index (χ1v) is 7.59. The summed E-state index contributed by atoms with van der Waals surface area (Å²) < 4.78 is 37.2. The van der Waals surface area contributed by atoms with Gasteiger partial charge in [-0.05, 0) is 17.5 Å². The molecule has 120 valence electrons. The number of para-hydroxylation sites is 1. The van der Waals surface area contributed by atoms with Gasteiger partial charge in [0.05, 0.1) is 13.1 Å². The monoisotopic (exact) mass is 313 g/mol. The molecular weight excluding hydrogens is 293 g/mol. The summed E-state index contributed by atoms with van der Waals surface area (Å²) in [5.74, 6) is 0.378. The zero-order valence-corrected chi connectivity index (χ0v) is 12.2. The first-order chi connectivity index (χ1) is 10.4. The van der Waals surface area contributed by atoms with E-state index in [9.17, 15) is 18.3 Å². The van der Waals surface area contributed by atoms with Gasteiger partial charge >= 0.3 is 6.18 Å². The smallest absolute Gasteiger partial charge is 0.379 e. The molecule has 3 rings (SSSR count). The van der Waals surface area contributed by atoms with Crippen molar-refractivity contribution in [3.8, 4) is 0 Å². The van der Waals surface area contributed by atoms with Crippen molar-refractivity contribution in [2.45, 2.75) is 31.0 Å². The summed E-state index contributed by atoms with van der Waals surface area (Å²) in [7, 11) is 0. The van der Waals surface area contributed by atoms with Gasteiger partial charge in [-0.15, -0.1) is 0 Å². The second kappa shape index (κ2) is 5.93. The van der Waals surface area contributed by atoms with Crippen LogP contribution in [0.1, 0.15) is 24.3 Å². The third kappa shape index (κ3) is 3.13. The van der Waals surface area contributed by atoms with Gasteiger partial charge in [-0.25, -0.2) is 0 Å². The van der Waals surface area contributed by atoms with E-state index in [2.05, 4.69) is 11.1 Å². The highest BCUT2D eigenvalue weighted by molar-refractivity contribution is 5.83. The molecule has 1 fully saturated rings. The number of rotatable bonds is 3. The van der Waals surface area contributed by atoms with E-state index in [1.165, 1.54) is 10.9 Å². The molecule has 1 aromatic heterocycles. The number of alkyl halides is 3. The number of H-pyrrole nitrogens is 1. The summed E-state index contributed by atoms with van der Waals surface area (Å²) in [5.41, 5.74) is 2.35. The molecule has 22 heavy (non-hydrogen) atoms. The molecule has 1 saturated heterocycles. The Morgan fingerprint density at radius 2 is 1.91 bits per heavy atom. The summed E-state index contributed by atoms with van der Waals surface area (Å²) >= 11 is 0. The second-order valence-electron chi connectivity index (χ2n) is 6.08. The van der Waals surface area contributed by atoms with Crippen LogP contribution in [0.3, 0.4) is 0 Å². The van der Waals surface area contributed by atoms with Crippen LogP contribution in [0.15, 0.2) is 30.5 Å². The van der Waals surface area contributed by atoms with E-state index in [0.717, 1.165) is 23.3 Å². The summed E-state index contributed by atoms with van der Waals surface area (Å²) in [6.45, 7) is 1.08. The van der Waals surface area contributed by atoms with Crippen molar-refractivity contribution in [2.75, 3.05) is 19.6 Å². The fourth-order valence-electron chi connectivity index (χ4n) is 3.36.